The molecule has 156 valence electrons. The van der Waals surface area contributed by atoms with Gasteiger partial charge in [0.1, 0.15) is 6.04 Å². The van der Waals surface area contributed by atoms with E-state index >= 15 is 0 Å². The zero-order valence-electron chi connectivity index (χ0n) is 17.6. The molecular formula is C25H29N2O2S+. The summed E-state index contributed by atoms with van der Waals surface area (Å²) in [6.45, 7) is 6.57. The second kappa shape index (κ2) is 8.72. The van der Waals surface area contributed by atoms with Crippen LogP contribution in [-0.2, 0) is 10.0 Å². The van der Waals surface area contributed by atoms with E-state index in [0.717, 1.165) is 24.2 Å². The van der Waals surface area contributed by atoms with Crippen molar-refractivity contribution in [3.05, 3.63) is 101 Å². The van der Waals surface area contributed by atoms with Gasteiger partial charge in [-0.1, -0.05) is 66.7 Å². The number of rotatable bonds is 5. The highest BCUT2D eigenvalue weighted by molar-refractivity contribution is 7.89. The summed E-state index contributed by atoms with van der Waals surface area (Å²) in [5.74, 6) is 0. The Labute approximate surface area is 179 Å². The van der Waals surface area contributed by atoms with Gasteiger partial charge >= 0.3 is 0 Å². The third-order valence-electron chi connectivity index (χ3n) is 6.15. The minimum atomic E-state index is -3.46. The van der Waals surface area contributed by atoms with Crippen LogP contribution in [-0.4, -0.2) is 38.9 Å². The first-order valence-corrected chi connectivity index (χ1v) is 11.9. The van der Waals surface area contributed by atoms with Crippen molar-refractivity contribution >= 4 is 10.0 Å². The van der Waals surface area contributed by atoms with Gasteiger partial charge < -0.3 is 4.90 Å². The van der Waals surface area contributed by atoms with E-state index in [1.165, 1.54) is 16.0 Å². The average molecular weight is 422 g/mol. The number of hydrogen-bond acceptors (Lipinski definition) is 2. The molecule has 1 N–H and O–H groups in total. The number of nitrogens with one attached hydrogen (secondary N) is 1. The zero-order valence-corrected chi connectivity index (χ0v) is 18.4. The third kappa shape index (κ3) is 4.19. The quantitative estimate of drug-likeness (QED) is 0.688. The minimum absolute atomic E-state index is 0.207. The van der Waals surface area contributed by atoms with E-state index in [0.29, 0.717) is 18.0 Å². The van der Waals surface area contributed by atoms with Gasteiger partial charge in [-0.25, -0.2) is 8.42 Å². The fourth-order valence-corrected chi connectivity index (χ4v) is 5.81. The molecule has 3 aromatic carbocycles. The summed E-state index contributed by atoms with van der Waals surface area (Å²) >= 11 is 0. The van der Waals surface area contributed by atoms with Crippen LogP contribution < -0.4 is 4.90 Å². The van der Waals surface area contributed by atoms with E-state index < -0.39 is 10.0 Å². The van der Waals surface area contributed by atoms with E-state index in [9.17, 15) is 8.42 Å². The maximum atomic E-state index is 13.2. The average Bonchev–Trinajstić information content (AvgIpc) is 2.78. The summed E-state index contributed by atoms with van der Waals surface area (Å²) in [6, 6.07) is 26.7. The van der Waals surface area contributed by atoms with Crippen LogP contribution in [0.4, 0.5) is 0 Å². The van der Waals surface area contributed by atoms with Crippen LogP contribution in [0.1, 0.15) is 28.3 Å². The first kappa shape index (κ1) is 20.8. The number of benzene rings is 3. The number of aryl methyl sites for hydroxylation is 2. The highest BCUT2D eigenvalue weighted by atomic mass is 32.2. The van der Waals surface area contributed by atoms with Gasteiger partial charge in [0.25, 0.3) is 0 Å². The molecule has 0 unspecified atom stereocenters. The Morgan fingerprint density at radius 1 is 0.767 bits per heavy atom. The summed E-state index contributed by atoms with van der Waals surface area (Å²) in [5, 5.41) is 0. The monoisotopic (exact) mass is 421 g/mol. The van der Waals surface area contributed by atoms with Crippen molar-refractivity contribution in [3.63, 3.8) is 0 Å². The summed E-state index contributed by atoms with van der Waals surface area (Å²) < 4.78 is 28.0. The van der Waals surface area contributed by atoms with E-state index in [-0.39, 0.29) is 6.04 Å². The van der Waals surface area contributed by atoms with Crippen LogP contribution in [0, 0.1) is 13.8 Å². The SMILES string of the molecule is Cc1ccc(S(=O)(=O)N2CC[NH+](C(c3ccccc3)c3ccccc3)CC2)cc1C. The lowest BCUT2D eigenvalue weighted by atomic mass is 9.96. The molecule has 0 saturated carbocycles. The first-order chi connectivity index (χ1) is 14.5. The molecule has 1 aliphatic heterocycles. The molecule has 30 heavy (non-hydrogen) atoms. The third-order valence-corrected chi connectivity index (χ3v) is 8.05. The van der Waals surface area contributed by atoms with Gasteiger partial charge in [0.2, 0.25) is 10.0 Å². The highest BCUT2D eigenvalue weighted by Gasteiger charge is 2.34. The highest BCUT2D eigenvalue weighted by Crippen LogP contribution is 2.22. The number of quaternary nitrogens is 1. The van der Waals surface area contributed by atoms with Crippen molar-refractivity contribution in [1.29, 1.82) is 0 Å². The van der Waals surface area contributed by atoms with E-state index in [4.69, 9.17) is 0 Å². The van der Waals surface area contributed by atoms with Gasteiger partial charge in [0.05, 0.1) is 31.1 Å². The smallest absolute Gasteiger partial charge is 0.243 e. The Hall–Kier alpha value is -2.47. The molecule has 0 aromatic heterocycles. The summed E-state index contributed by atoms with van der Waals surface area (Å²) in [5.41, 5.74) is 4.65. The van der Waals surface area contributed by atoms with Gasteiger partial charge in [0.15, 0.2) is 0 Å². The fourth-order valence-electron chi connectivity index (χ4n) is 4.28. The molecule has 5 heteroatoms. The molecule has 1 aliphatic rings. The molecule has 1 heterocycles. The Bertz CT molecular complexity index is 1050. The molecule has 0 radical (unpaired) electrons. The second-order valence-electron chi connectivity index (χ2n) is 8.06. The van der Waals surface area contributed by atoms with E-state index in [1.54, 1.807) is 16.4 Å². The van der Waals surface area contributed by atoms with Gasteiger partial charge in [-0.15, -0.1) is 0 Å². The van der Waals surface area contributed by atoms with Crippen LogP contribution in [0.15, 0.2) is 83.8 Å². The number of nitrogens with zero attached hydrogens (tertiary/aromatic N) is 1. The van der Waals surface area contributed by atoms with Crippen molar-refractivity contribution in [2.75, 3.05) is 26.2 Å². The van der Waals surface area contributed by atoms with Crippen molar-refractivity contribution in [2.24, 2.45) is 0 Å². The predicted molar refractivity (Wildman–Crippen MR) is 120 cm³/mol. The maximum Gasteiger partial charge on any atom is 0.243 e. The molecule has 4 rings (SSSR count). The summed E-state index contributed by atoms with van der Waals surface area (Å²) in [4.78, 5) is 1.80. The molecule has 0 bridgehead atoms. The Morgan fingerprint density at radius 3 is 1.80 bits per heavy atom. The Balaban J connectivity index is 1.55. The summed E-state index contributed by atoms with van der Waals surface area (Å²) in [7, 11) is -3.46. The van der Waals surface area contributed by atoms with Crippen molar-refractivity contribution in [3.8, 4) is 0 Å². The fraction of sp³-hybridized carbons (Fsp3) is 0.280. The van der Waals surface area contributed by atoms with Crippen LogP contribution in [0.3, 0.4) is 0 Å². The minimum Gasteiger partial charge on any atom is -0.323 e. The van der Waals surface area contributed by atoms with Crippen molar-refractivity contribution < 1.29 is 13.3 Å². The van der Waals surface area contributed by atoms with Gasteiger partial charge in [-0.2, -0.15) is 4.31 Å². The van der Waals surface area contributed by atoms with Crippen LogP contribution in [0.25, 0.3) is 0 Å². The number of sulfonamides is 1. The standard InChI is InChI=1S/C25H28N2O2S/c1-20-13-14-24(19-21(20)2)30(28,29)27-17-15-26(16-18-27)25(22-9-5-3-6-10-22)23-11-7-4-8-12-23/h3-14,19,25H,15-18H2,1-2H3/p+1. The lowest BCUT2D eigenvalue weighted by Gasteiger charge is -2.36. The number of piperazine rings is 1. The molecule has 4 nitrogen and oxygen atoms in total. The van der Waals surface area contributed by atoms with Gasteiger partial charge in [-0.05, 0) is 37.1 Å². The molecule has 0 aliphatic carbocycles. The van der Waals surface area contributed by atoms with Gasteiger partial charge in [0, 0.05) is 11.1 Å². The molecule has 0 spiro atoms. The summed E-state index contributed by atoms with van der Waals surface area (Å²) in [6.07, 6.45) is 0. The van der Waals surface area contributed by atoms with Crippen LogP contribution >= 0.6 is 0 Å². The molecular weight excluding hydrogens is 392 g/mol. The molecule has 3 aromatic rings. The van der Waals surface area contributed by atoms with Crippen LogP contribution in [0.5, 0.6) is 0 Å². The second-order valence-corrected chi connectivity index (χ2v) is 10.0. The predicted octanol–water partition coefficient (Wildman–Crippen LogP) is 2.98. The zero-order chi connectivity index (χ0) is 21.1. The molecule has 0 amide bonds. The van der Waals surface area contributed by atoms with Crippen molar-refractivity contribution in [2.45, 2.75) is 24.8 Å². The topological polar surface area (TPSA) is 41.8 Å². The first-order valence-electron chi connectivity index (χ1n) is 10.5. The van der Waals surface area contributed by atoms with Crippen LogP contribution in [0.2, 0.25) is 0 Å². The largest absolute Gasteiger partial charge is 0.323 e. The lowest BCUT2D eigenvalue weighted by Crippen LogP contribution is -3.15. The molecule has 1 fully saturated rings. The van der Waals surface area contributed by atoms with Crippen molar-refractivity contribution in [1.82, 2.24) is 4.31 Å². The lowest BCUT2D eigenvalue weighted by molar-refractivity contribution is -0.929. The normalized spacial score (nSPS) is 16.1. The van der Waals surface area contributed by atoms with Gasteiger partial charge in [-0.3, -0.25) is 0 Å². The maximum absolute atomic E-state index is 13.2. The Kier molecular flexibility index (Phi) is 6.04. The Morgan fingerprint density at radius 2 is 1.30 bits per heavy atom. The molecule has 1 saturated heterocycles. The van der Waals surface area contributed by atoms with E-state index in [2.05, 4.69) is 48.5 Å². The number of hydrogen-bond donors (Lipinski definition) is 1. The molecule has 0 atom stereocenters. The van der Waals surface area contributed by atoms with E-state index in [1.807, 2.05) is 32.0 Å².